The Hall–Kier alpha value is -2.96. The Morgan fingerprint density at radius 1 is 1.23 bits per heavy atom. The molecule has 3 aromatic rings. The van der Waals surface area contributed by atoms with Gasteiger partial charge < -0.3 is 0 Å². The number of hydrogen-bond donors (Lipinski definition) is 1. The van der Waals surface area contributed by atoms with Crippen LogP contribution in [0.25, 0.3) is 0 Å². The molecule has 0 bridgehead atoms. The summed E-state index contributed by atoms with van der Waals surface area (Å²) in [6, 6.07) is 9.83. The Labute approximate surface area is 127 Å². The molecule has 0 fully saturated rings. The molecule has 1 N–H and O–H groups in total. The summed E-state index contributed by atoms with van der Waals surface area (Å²) in [7, 11) is 1.76. The minimum absolute atomic E-state index is 0.307. The van der Waals surface area contributed by atoms with E-state index in [1.807, 2.05) is 31.2 Å². The van der Waals surface area contributed by atoms with Crippen LogP contribution >= 0.6 is 0 Å². The molecule has 0 radical (unpaired) electrons. The van der Waals surface area contributed by atoms with Crippen molar-refractivity contribution >= 4 is 11.9 Å². The number of carbonyl (C=O) groups excluding carboxylic acids is 1. The molecule has 1 amide bonds. The summed E-state index contributed by atoms with van der Waals surface area (Å²) < 4.78 is 3.36. The molecule has 2 aromatic heterocycles. The van der Waals surface area contributed by atoms with E-state index >= 15 is 0 Å². The average molecular weight is 296 g/mol. The predicted octanol–water partition coefficient (Wildman–Crippen LogP) is 1.62. The van der Waals surface area contributed by atoms with Gasteiger partial charge in [-0.15, -0.1) is 10.2 Å². The van der Waals surface area contributed by atoms with Gasteiger partial charge in [-0.1, -0.05) is 29.8 Å². The fourth-order valence-electron chi connectivity index (χ4n) is 2.06. The molecule has 0 aliphatic rings. The van der Waals surface area contributed by atoms with Crippen molar-refractivity contribution in [3.8, 4) is 0 Å². The first-order chi connectivity index (χ1) is 10.6. The highest BCUT2D eigenvalue weighted by Gasteiger charge is 2.13. The molecule has 0 atom stereocenters. The molecular weight excluding hydrogens is 280 g/mol. The van der Waals surface area contributed by atoms with Crippen molar-refractivity contribution in [3.05, 3.63) is 59.7 Å². The van der Waals surface area contributed by atoms with Crippen molar-refractivity contribution in [1.82, 2.24) is 24.5 Å². The third-order valence-electron chi connectivity index (χ3n) is 3.26. The Morgan fingerprint density at radius 2 is 2.00 bits per heavy atom. The van der Waals surface area contributed by atoms with Gasteiger partial charge in [-0.3, -0.25) is 19.4 Å². The zero-order valence-electron chi connectivity index (χ0n) is 12.4. The van der Waals surface area contributed by atoms with Gasteiger partial charge in [0.25, 0.3) is 5.91 Å². The number of nitrogens with zero attached hydrogens (tertiary/aromatic N) is 5. The van der Waals surface area contributed by atoms with E-state index in [4.69, 9.17) is 0 Å². The summed E-state index contributed by atoms with van der Waals surface area (Å²) in [5.74, 6) is 0.0926. The third-order valence-corrected chi connectivity index (χ3v) is 3.26. The molecule has 0 spiro atoms. The molecular formula is C15H16N6O. The summed E-state index contributed by atoms with van der Waals surface area (Å²) >= 11 is 0. The number of hydrogen-bond acceptors (Lipinski definition) is 4. The van der Waals surface area contributed by atoms with Crippen LogP contribution in [0.3, 0.4) is 0 Å². The Bertz CT molecular complexity index is 786. The largest absolute Gasteiger partial charge is 0.295 e. The molecule has 0 aliphatic heterocycles. The van der Waals surface area contributed by atoms with Crippen LogP contribution in [0.1, 0.15) is 21.6 Å². The van der Waals surface area contributed by atoms with Crippen LogP contribution in [0.15, 0.2) is 42.9 Å². The van der Waals surface area contributed by atoms with Crippen molar-refractivity contribution in [3.63, 3.8) is 0 Å². The molecule has 0 aliphatic carbocycles. The predicted molar refractivity (Wildman–Crippen MR) is 81.5 cm³/mol. The van der Waals surface area contributed by atoms with E-state index in [0.717, 1.165) is 5.56 Å². The first kappa shape index (κ1) is 14.0. The van der Waals surface area contributed by atoms with Crippen molar-refractivity contribution < 1.29 is 4.79 Å². The van der Waals surface area contributed by atoms with Crippen LogP contribution in [-0.2, 0) is 13.6 Å². The second kappa shape index (κ2) is 5.80. The van der Waals surface area contributed by atoms with Crippen molar-refractivity contribution in [2.75, 3.05) is 5.32 Å². The Kier molecular flexibility index (Phi) is 3.69. The number of aryl methyl sites for hydroxylation is 2. The van der Waals surface area contributed by atoms with E-state index in [1.165, 1.54) is 5.56 Å². The topological polar surface area (TPSA) is 77.6 Å². The maximum atomic E-state index is 12.1. The average Bonchev–Trinajstić information content (AvgIpc) is 3.11. The van der Waals surface area contributed by atoms with Crippen molar-refractivity contribution in [2.45, 2.75) is 13.5 Å². The van der Waals surface area contributed by atoms with Crippen LogP contribution < -0.4 is 5.32 Å². The maximum absolute atomic E-state index is 12.1. The van der Waals surface area contributed by atoms with Crippen LogP contribution in [0.2, 0.25) is 0 Å². The van der Waals surface area contributed by atoms with Crippen LogP contribution in [0.5, 0.6) is 0 Å². The fraction of sp³-hybridized carbons (Fsp3) is 0.200. The zero-order valence-corrected chi connectivity index (χ0v) is 12.4. The highest BCUT2D eigenvalue weighted by atomic mass is 16.2. The van der Waals surface area contributed by atoms with E-state index in [2.05, 4.69) is 20.6 Å². The van der Waals surface area contributed by atoms with Gasteiger partial charge in [0.15, 0.2) is 5.69 Å². The number of amides is 1. The van der Waals surface area contributed by atoms with Crippen LogP contribution in [0.4, 0.5) is 5.95 Å². The van der Waals surface area contributed by atoms with Crippen LogP contribution in [0, 0.1) is 6.92 Å². The van der Waals surface area contributed by atoms with E-state index in [1.54, 1.807) is 34.9 Å². The van der Waals surface area contributed by atoms with Crippen molar-refractivity contribution in [2.24, 2.45) is 7.05 Å². The number of benzene rings is 1. The molecule has 0 saturated heterocycles. The lowest BCUT2D eigenvalue weighted by atomic mass is 10.1. The zero-order chi connectivity index (χ0) is 15.5. The molecule has 1 aromatic carbocycles. The lowest BCUT2D eigenvalue weighted by Crippen LogP contribution is -2.17. The lowest BCUT2D eigenvalue weighted by molar-refractivity contribution is 0.102. The third kappa shape index (κ3) is 3.03. The minimum atomic E-state index is -0.307. The number of aromatic nitrogens is 5. The van der Waals surface area contributed by atoms with E-state index in [-0.39, 0.29) is 5.91 Å². The molecule has 3 rings (SSSR count). The van der Waals surface area contributed by atoms with Gasteiger partial charge in [-0.2, -0.15) is 5.10 Å². The molecule has 7 heteroatoms. The van der Waals surface area contributed by atoms with E-state index in [9.17, 15) is 4.79 Å². The number of rotatable bonds is 4. The second-order valence-corrected chi connectivity index (χ2v) is 5.10. The molecule has 112 valence electrons. The molecule has 0 saturated carbocycles. The Morgan fingerprint density at radius 3 is 2.68 bits per heavy atom. The summed E-state index contributed by atoms with van der Waals surface area (Å²) in [5.41, 5.74) is 2.65. The normalized spacial score (nSPS) is 10.6. The van der Waals surface area contributed by atoms with E-state index in [0.29, 0.717) is 18.2 Å². The molecule has 22 heavy (non-hydrogen) atoms. The smallest absolute Gasteiger partial charge is 0.278 e. The first-order valence-corrected chi connectivity index (χ1v) is 6.86. The van der Waals surface area contributed by atoms with Gasteiger partial charge in [-0.25, -0.2) is 0 Å². The van der Waals surface area contributed by atoms with Crippen LogP contribution in [-0.4, -0.2) is 30.5 Å². The number of carbonyl (C=O) groups is 1. The summed E-state index contributed by atoms with van der Waals surface area (Å²) in [6.07, 6.45) is 3.31. The Balaban J connectivity index is 1.74. The van der Waals surface area contributed by atoms with Gasteiger partial charge in [0.2, 0.25) is 5.95 Å². The summed E-state index contributed by atoms with van der Waals surface area (Å²) in [6.45, 7) is 2.63. The molecule has 0 unspecified atom stereocenters. The SMILES string of the molecule is Cc1ccc(Cn2cnnc2NC(=O)c2ccn(C)n2)cc1. The maximum Gasteiger partial charge on any atom is 0.278 e. The molecule has 2 heterocycles. The number of nitrogens with one attached hydrogen (secondary N) is 1. The van der Waals surface area contributed by atoms with Gasteiger partial charge in [-0.05, 0) is 18.6 Å². The standard InChI is InChI=1S/C15H16N6O/c1-11-3-5-12(6-4-11)9-21-10-16-18-15(21)17-14(22)13-7-8-20(2)19-13/h3-8,10H,9H2,1-2H3,(H,17,18,22). The quantitative estimate of drug-likeness (QED) is 0.793. The highest BCUT2D eigenvalue weighted by molar-refractivity contribution is 6.01. The molecule has 7 nitrogen and oxygen atoms in total. The van der Waals surface area contributed by atoms with Gasteiger partial charge >= 0.3 is 0 Å². The minimum Gasteiger partial charge on any atom is -0.295 e. The first-order valence-electron chi connectivity index (χ1n) is 6.86. The van der Waals surface area contributed by atoms with Crippen molar-refractivity contribution in [1.29, 1.82) is 0 Å². The highest BCUT2D eigenvalue weighted by Crippen LogP contribution is 2.10. The monoisotopic (exact) mass is 296 g/mol. The summed E-state index contributed by atoms with van der Waals surface area (Å²) in [4.78, 5) is 12.1. The fourth-order valence-corrected chi connectivity index (χ4v) is 2.06. The second-order valence-electron chi connectivity index (χ2n) is 5.10. The lowest BCUT2D eigenvalue weighted by Gasteiger charge is -2.07. The summed E-state index contributed by atoms with van der Waals surface area (Å²) in [5, 5.41) is 14.6. The van der Waals surface area contributed by atoms with Gasteiger partial charge in [0.1, 0.15) is 6.33 Å². The number of anilines is 1. The van der Waals surface area contributed by atoms with Gasteiger partial charge in [0, 0.05) is 13.2 Å². The van der Waals surface area contributed by atoms with Gasteiger partial charge in [0.05, 0.1) is 6.54 Å². The van der Waals surface area contributed by atoms with E-state index < -0.39 is 0 Å².